The predicted octanol–water partition coefficient (Wildman–Crippen LogP) is 6.97. The van der Waals surface area contributed by atoms with Crippen LogP contribution in [0.2, 0.25) is 0 Å². The lowest BCUT2D eigenvalue weighted by atomic mass is 10.0. The number of ether oxygens (including phenoxy) is 1. The second kappa shape index (κ2) is 15.4. The number of hydrogen-bond acceptors (Lipinski definition) is 8. The lowest BCUT2D eigenvalue weighted by molar-refractivity contribution is -0.677. The van der Waals surface area contributed by atoms with Crippen LogP contribution in [0.25, 0.3) is 39.4 Å². The largest absolute Gasteiger partial charge is 0.870 e. The molecule has 50 heavy (non-hydrogen) atoms. The highest BCUT2D eigenvalue weighted by atomic mass is 32.2. The molecular formula is C37H38N2O9S2. The second-order valence-corrected chi connectivity index (χ2v) is 14.9. The van der Waals surface area contributed by atoms with Crippen molar-refractivity contribution in [1.82, 2.24) is 0 Å². The maximum absolute atomic E-state index is 11.6. The van der Waals surface area contributed by atoms with Crippen LogP contribution in [0.3, 0.4) is 0 Å². The van der Waals surface area contributed by atoms with Crippen molar-refractivity contribution in [1.29, 1.82) is 0 Å². The van der Waals surface area contributed by atoms with Crippen LogP contribution < -0.4 is 14.2 Å². The fourth-order valence-electron chi connectivity index (χ4n) is 5.87. The molecule has 5 aromatic rings. The Morgan fingerprint density at radius 3 is 2.00 bits per heavy atom. The first-order valence-corrected chi connectivity index (χ1v) is 19.2. The van der Waals surface area contributed by atoms with Crippen molar-refractivity contribution in [2.75, 3.05) is 23.0 Å². The smallest absolute Gasteiger partial charge is 0.374 e. The van der Waals surface area contributed by atoms with E-state index in [9.17, 15) is 25.9 Å². The van der Waals surface area contributed by atoms with Crippen LogP contribution in [0.15, 0.2) is 119 Å². The van der Waals surface area contributed by atoms with E-state index in [0.29, 0.717) is 29.5 Å². The average Bonchev–Trinajstić information content (AvgIpc) is 3.60. The van der Waals surface area contributed by atoms with Crippen molar-refractivity contribution in [2.24, 2.45) is 0 Å². The Bertz CT molecular complexity index is 2250. The van der Waals surface area contributed by atoms with Gasteiger partial charge in [-0.2, -0.15) is 21.4 Å². The highest BCUT2D eigenvalue weighted by Gasteiger charge is 2.28. The minimum absolute atomic E-state index is 0. The summed E-state index contributed by atoms with van der Waals surface area (Å²) >= 11 is 0. The minimum atomic E-state index is -4.15. The standard InChI is InChI=1S/C37H36N2O8S2.H2O/c1-2-27(23-36-38(19-9-21-48(40,41)42)32-25-30(15-17-34(32)46-36)28-11-5-3-6-12-28)24-37-39(20-10-22-49(43,44)45)33-26-31(16-18-35(33)47-37)29-13-7-4-8-14-29;/h3-8,11-18,23-26H,2,9-10,19-22H2,1H3,(H-,40,41,42,43,44,45);1H2. The Hall–Kier alpha value is -4.79. The molecule has 0 aliphatic carbocycles. The normalized spacial score (nSPS) is 14.1. The predicted molar refractivity (Wildman–Crippen MR) is 192 cm³/mol. The molecule has 0 fully saturated rings. The third-order valence-corrected chi connectivity index (χ3v) is 9.88. The van der Waals surface area contributed by atoms with Crippen LogP contribution in [0.5, 0.6) is 5.75 Å². The van der Waals surface area contributed by atoms with E-state index in [-0.39, 0.29) is 31.4 Å². The minimum Gasteiger partial charge on any atom is -0.870 e. The zero-order chi connectivity index (χ0) is 34.6. The monoisotopic (exact) mass is 718 g/mol. The van der Waals surface area contributed by atoms with E-state index in [4.69, 9.17) is 9.15 Å². The van der Waals surface area contributed by atoms with Gasteiger partial charge in [0.2, 0.25) is 11.5 Å². The molecule has 0 amide bonds. The number of rotatable bonds is 13. The van der Waals surface area contributed by atoms with Crippen molar-refractivity contribution in [3.8, 4) is 28.0 Å². The van der Waals surface area contributed by atoms with Crippen molar-refractivity contribution in [3.05, 3.63) is 120 Å². The Labute approximate surface area is 291 Å². The molecule has 1 aliphatic rings. The van der Waals surface area contributed by atoms with Crippen LogP contribution in [-0.2, 0) is 26.8 Å². The van der Waals surface area contributed by atoms with Gasteiger partial charge >= 0.3 is 5.89 Å². The summed E-state index contributed by atoms with van der Waals surface area (Å²) in [5.74, 6) is 0.807. The molecule has 0 unspecified atom stereocenters. The van der Waals surface area contributed by atoms with E-state index in [1.807, 2.05) is 126 Å². The lowest BCUT2D eigenvalue weighted by Crippen LogP contribution is -2.36. The lowest BCUT2D eigenvalue weighted by Gasteiger charge is -2.19. The van der Waals surface area contributed by atoms with Crippen molar-refractivity contribution < 1.29 is 45.1 Å². The SMILES string of the molecule is CCC(=Cc1oc2ccc(-c3ccccc3)cc2[n+]1CCCS(=O)(=O)O)C=C1Oc2ccc(-c3ccccc3)cc2N1CCCS(=O)(=O)O.[OH-]. The topological polar surface area (TPSA) is 168 Å². The molecule has 6 rings (SSSR count). The van der Waals surface area contributed by atoms with Crippen molar-refractivity contribution >= 4 is 43.1 Å². The number of hydrogen-bond donors (Lipinski definition) is 2. The highest BCUT2D eigenvalue weighted by Crippen LogP contribution is 2.42. The van der Waals surface area contributed by atoms with Crippen LogP contribution in [-0.4, -0.2) is 49.5 Å². The van der Waals surface area contributed by atoms with Gasteiger partial charge in [0.1, 0.15) is 0 Å². The molecule has 11 nitrogen and oxygen atoms in total. The molecule has 262 valence electrons. The number of fused-ring (bicyclic) bond motifs is 2. The van der Waals surface area contributed by atoms with Gasteiger partial charge in [-0.1, -0.05) is 79.7 Å². The average molecular weight is 719 g/mol. The summed E-state index contributed by atoms with van der Waals surface area (Å²) in [6, 6.07) is 31.5. The van der Waals surface area contributed by atoms with E-state index >= 15 is 0 Å². The molecule has 1 aromatic heterocycles. The third-order valence-electron chi connectivity index (χ3n) is 8.27. The maximum atomic E-state index is 11.6. The molecule has 1 aliphatic heterocycles. The van der Waals surface area contributed by atoms with Crippen LogP contribution >= 0.6 is 0 Å². The summed E-state index contributed by atoms with van der Waals surface area (Å²) in [7, 11) is -8.31. The molecule has 2 heterocycles. The summed E-state index contributed by atoms with van der Waals surface area (Å²) in [5, 5.41) is 0. The van der Waals surface area contributed by atoms with Gasteiger partial charge in [0.15, 0.2) is 12.3 Å². The quantitative estimate of drug-likeness (QED) is 0.0958. The number of nitrogens with zero attached hydrogens (tertiary/aromatic N) is 2. The summed E-state index contributed by atoms with van der Waals surface area (Å²) in [4.78, 5) is 1.90. The highest BCUT2D eigenvalue weighted by molar-refractivity contribution is 7.86. The van der Waals surface area contributed by atoms with Crippen molar-refractivity contribution in [2.45, 2.75) is 32.7 Å². The van der Waals surface area contributed by atoms with Gasteiger partial charge < -0.3 is 19.5 Å². The van der Waals surface area contributed by atoms with Gasteiger partial charge in [-0.3, -0.25) is 9.11 Å². The fraction of sp³-hybridized carbons (Fsp3) is 0.216. The Morgan fingerprint density at radius 2 is 1.38 bits per heavy atom. The fourth-order valence-corrected chi connectivity index (χ4v) is 6.86. The Balaban J connectivity index is 0.00000486. The first-order valence-electron chi connectivity index (χ1n) is 16.0. The first-order chi connectivity index (χ1) is 23.5. The van der Waals surface area contributed by atoms with Gasteiger partial charge in [-0.05, 0) is 58.9 Å². The number of anilines is 1. The molecule has 0 saturated heterocycles. The molecule has 13 heteroatoms. The Kier molecular flexibility index (Phi) is 11.2. The molecule has 0 spiro atoms. The summed E-state index contributed by atoms with van der Waals surface area (Å²) < 4.78 is 79.6. The van der Waals surface area contributed by atoms with E-state index in [2.05, 4.69) is 0 Å². The van der Waals surface area contributed by atoms with Crippen LogP contribution in [0, 0.1) is 0 Å². The molecule has 0 saturated carbocycles. The third kappa shape index (κ3) is 8.86. The molecular weight excluding hydrogens is 681 g/mol. The number of oxazole rings is 1. The van der Waals surface area contributed by atoms with E-state index in [1.54, 1.807) is 0 Å². The molecule has 3 N–H and O–H groups in total. The zero-order valence-electron chi connectivity index (χ0n) is 27.3. The molecule has 0 radical (unpaired) electrons. The second-order valence-electron chi connectivity index (χ2n) is 11.8. The summed E-state index contributed by atoms with van der Waals surface area (Å²) in [6.07, 6.45) is 4.66. The Morgan fingerprint density at radius 1 is 0.780 bits per heavy atom. The zero-order valence-corrected chi connectivity index (χ0v) is 29.0. The number of aryl methyl sites for hydroxylation is 1. The van der Waals surface area contributed by atoms with E-state index in [1.165, 1.54) is 0 Å². The number of benzene rings is 4. The molecule has 0 atom stereocenters. The maximum Gasteiger partial charge on any atom is 0.374 e. The van der Waals surface area contributed by atoms with Gasteiger partial charge in [-0.25, -0.2) is 0 Å². The van der Waals surface area contributed by atoms with Crippen molar-refractivity contribution in [3.63, 3.8) is 0 Å². The van der Waals surface area contributed by atoms with Gasteiger partial charge in [0, 0.05) is 25.1 Å². The number of aromatic nitrogens is 1. The summed E-state index contributed by atoms with van der Waals surface area (Å²) in [6.45, 7) is 2.53. The molecule has 0 bridgehead atoms. The van der Waals surface area contributed by atoms with E-state index < -0.39 is 31.7 Å². The van der Waals surface area contributed by atoms with E-state index in [0.717, 1.165) is 39.0 Å². The molecule has 4 aromatic carbocycles. The first kappa shape index (κ1) is 36.5. The van der Waals surface area contributed by atoms with Crippen LogP contribution in [0.4, 0.5) is 5.69 Å². The number of allylic oxidation sites excluding steroid dienone is 2. The van der Waals surface area contributed by atoms with Gasteiger partial charge in [-0.15, -0.1) is 0 Å². The van der Waals surface area contributed by atoms with Gasteiger partial charge in [0.25, 0.3) is 25.8 Å². The summed E-state index contributed by atoms with van der Waals surface area (Å²) in [5.41, 5.74) is 6.98. The van der Waals surface area contributed by atoms with Crippen LogP contribution in [0.1, 0.15) is 32.1 Å². The van der Waals surface area contributed by atoms with Gasteiger partial charge in [0.05, 0.1) is 23.3 Å².